The van der Waals surface area contributed by atoms with Crippen LogP contribution in [-0.2, 0) is 9.47 Å². The molecule has 1 aromatic heterocycles. The van der Waals surface area contributed by atoms with Gasteiger partial charge in [-0.15, -0.1) is 0 Å². The largest absolute Gasteiger partial charge is 0.508 e. The number of aromatic nitrogens is 3. The molecule has 4 N–H and O–H groups in total. The van der Waals surface area contributed by atoms with E-state index >= 15 is 0 Å². The topological polar surface area (TPSA) is 131 Å². The van der Waals surface area contributed by atoms with Crippen molar-refractivity contribution in [1.82, 2.24) is 15.0 Å². The van der Waals surface area contributed by atoms with E-state index in [0.717, 1.165) is 23.9 Å². The zero-order chi connectivity index (χ0) is 28.9. The van der Waals surface area contributed by atoms with Gasteiger partial charge in [-0.2, -0.15) is 15.0 Å². The molecule has 10 nitrogen and oxygen atoms in total. The van der Waals surface area contributed by atoms with Gasteiger partial charge in [0.2, 0.25) is 17.8 Å². The minimum atomic E-state index is -0.776. The first-order valence-corrected chi connectivity index (χ1v) is 13.0. The number of benzene rings is 3. The maximum absolute atomic E-state index is 13.3. The highest BCUT2D eigenvalue weighted by atomic mass is 19.1. The Balaban J connectivity index is 1.17. The number of Topliss-reactive ketones (excluding diaryl/α,β-unsaturated/α-hetero) is 1. The first-order valence-electron chi connectivity index (χ1n) is 13.0. The van der Waals surface area contributed by atoms with E-state index in [9.17, 15) is 18.7 Å². The number of ketones is 1. The van der Waals surface area contributed by atoms with Crippen LogP contribution in [0.3, 0.4) is 0 Å². The van der Waals surface area contributed by atoms with E-state index in [1.807, 2.05) is 30.3 Å². The first-order chi connectivity index (χ1) is 19.9. The summed E-state index contributed by atoms with van der Waals surface area (Å²) < 4.78 is 37.6. The van der Waals surface area contributed by atoms with Crippen molar-refractivity contribution in [3.8, 4) is 5.75 Å². The van der Waals surface area contributed by atoms with Gasteiger partial charge in [0.1, 0.15) is 17.4 Å². The summed E-state index contributed by atoms with van der Waals surface area (Å²) in [4.78, 5) is 25.3. The van der Waals surface area contributed by atoms with Crippen molar-refractivity contribution >= 4 is 35.0 Å². The molecule has 0 saturated carbocycles. The van der Waals surface area contributed by atoms with Crippen molar-refractivity contribution in [2.24, 2.45) is 0 Å². The molecule has 41 heavy (non-hydrogen) atoms. The summed E-state index contributed by atoms with van der Waals surface area (Å²) in [6.07, 6.45) is 0.558. The lowest BCUT2D eigenvalue weighted by Gasteiger charge is -2.12. The fourth-order valence-electron chi connectivity index (χ4n) is 3.64. The fraction of sp³-hybridized carbons (Fsp3) is 0.241. The van der Waals surface area contributed by atoms with Crippen LogP contribution in [0.5, 0.6) is 5.75 Å². The number of ether oxygens (including phenoxy) is 2. The number of aromatic hydroxyl groups is 1. The van der Waals surface area contributed by atoms with Gasteiger partial charge in [0.15, 0.2) is 5.78 Å². The quantitative estimate of drug-likeness (QED) is 0.0792. The van der Waals surface area contributed by atoms with Crippen molar-refractivity contribution in [3.63, 3.8) is 0 Å². The lowest BCUT2D eigenvalue weighted by molar-refractivity contribution is 0.0497. The van der Waals surface area contributed by atoms with Crippen molar-refractivity contribution in [2.75, 3.05) is 48.9 Å². The van der Waals surface area contributed by atoms with Crippen LogP contribution in [0.2, 0.25) is 0 Å². The summed E-state index contributed by atoms with van der Waals surface area (Å²) in [5.41, 5.74) is 1.53. The van der Waals surface area contributed by atoms with Gasteiger partial charge in [-0.1, -0.05) is 18.2 Å². The maximum Gasteiger partial charge on any atom is 0.233 e. The maximum atomic E-state index is 13.3. The van der Waals surface area contributed by atoms with Gasteiger partial charge in [0, 0.05) is 42.6 Å². The predicted molar refractivity (Wildman–Crippen MR) is 151 cm³/mol. The predicted octanol–water partition coefficient (Wildman–Crippen LogP) is 5.45. The van der Waals surface area contributed by atoms with Crippen LogP contribution < -0.4 is 16.0 Å². The molecule has 0 radical (unpaired) electrons. The molecule has 0 aliphatic rings. The summed E-state index contributed by atoms with van der Waals surface area (Å²) in [5, 5.41) is 18.9. The molecule has 4 aromatic rings. The van der Waals surface area contributed by atoms with E-state index < -0.39 is 11.6 Å². The van der Waals surface area contributed by atoms with Crippen LogP contribution in [0.15, 0.2) is 72.8 Å². The molecule has 0 atom stereocenters. The third-order valence-electron chi connectivity index (χ3n) is 5.57. The summed E-state index contributed by atoms with van der Waals surface area (Å²) in [6.45, 7) is 1.79. The highest BCUT2D eigenvalue weighted by molar-refractivity contribution is 5.96. The molecular formula is C29H30F2N6O4. The molecule has 4 rings (SSSR count). The van der Waals surface area contributed by atoms with E-state index in [1.54, 1.807) is 24.3 Å². The zero-order valence-electron chi connectivity index (χ0n) is 22.1. The monoisotopic (exact) mass is 564 g/mol. The van der Waals surface area contributed by atoms with E-state index in [-0.39, 0.29) is 23.5 Å². The molecule has 0 amide bonds. The SMILES string of the molecule is O=C(CCCOCCOCCNc1nc(Nc2ccccc2)nc(Nc2ccc(O)cc2)n1)c1cc(F)cc(F)c1. The summed E-state index contributed by atoms with van der Waals surface area (Å²) in [5.74, 6) is -0.755. The smallest absolute Gasteiger partial charge is 0.233 e. The number of rotatable bonds is 16. The number of hydrogen-bond donors (Lipinski definition) is 4. The first kappa shape index (κ1) is 29.3. The average molecular weight is 565 g/mol. The number of hydrogen-bond acceptors (Lipinski definition) is 10. The number of carbonyl (C=O) groups excluding carboxylic acids is 1. The van der Waals surface area contributed by atoms with Crippen LogP contribution in [-0.4, -0.2) is 58.8 Å². The molecule has 0 saturated heterocycles. The van der Waals surface area contributed by atoms with Gasteiger partial charge < -0.3 is 30.5 Å². The number of anilines is 5. The van der Waals surface area contributed by atoms with Gasteiger partial charge >= 0.3 is 0 Å². The van der Waals surface area contributed by atoms with Gasteiger partial charge in [0.05, 0.1) is 19.8 Å². The summed E-state index contributed by atoms with van der Waals surface area (Å²) in [7, 11) is 0. The van der Waals surface area contributed by atoms with E-state index in [4.69, 9.17) is 9.47 Å². The minimum absolute atomic E-state index is 0.0164. The second-order valence-corrected chi connectivity index (χ2v) is 8.81. The summed E-state index contributed by atoms with van der Waals surface area (Å²) in [6, 6.07) is 18.8. The lowest BCUT2D eigenvalue weighted by atomic mass is 10.1. The molecule has 0 aliphatic carbocycles. The number of nitrogens with one attached hydrogen (secondary N) is 3. The third-order valence-corrected chi connectivity index (χ3v) is 5.57. The minimum Gasteiger partial charge on any atom is -0.508 e. The number of carbonyl (C=O) groups is 1. The lowest BCUT2D eigenvalue weighted by Crippen LogP contribution is -2.15. The average Bonchev–Trinajstić information content (AvgIpc) is 2.95. The van der Waals surface area contributed by atoms with Crippen LogP contribution in [0.4, 0.5) is 38.0 Å². The molecule has 1 heterocycles. The zero-order valence-corrected chi connectivity index (χ0v) is 22.1. The molecule has 214 valence electrons. The Morgan fingerprint density at radius 3 is 1.98 bits per heavy atom. The molecule has 0 bridgehead atoms. The van der Waals surface area contributed by atoms with Gasteiger partial charge in [-0.05, 0) is 55.0 Å². The van der Waals surface area contributed by atoms with Gasteiger partial charge in [0.25, 0.3) is 0 Å². The van der Waals surface area contributed by atoms with E-state index in [1.165, 1.54) is 0 Å². The van der Waals surface area contributed by atoms with Gasteiger partial charge in [-0.25, -0.2) is 8.78 Å². The Labute approximate surface area is 235 Å². The number of nitrogens with zero attached hydrogens (tertiary/aromatic N) is 3. The molecule has 0 aliphatic heterocycles. The number of phenols is 1. The molecule has 0 spiro atoms. The van der Waals surface area contributed by atoms with Gasteiger partial charge in [-0.3, -0.25) is 4.79 Å². The van der Waals surface area contributed by atoms with Crippen molar-refractivity contribution in [2.45, 2.75) is 12.8 Å². The van der Waals surface area contributed by atoms with Crippen LogP contribution in [0.1, 0.15) is 23.2 Å². The standard InChI is InChI=1S/C29H30F2N6O4/c30-21-17-20(18-22(31)19-21)26(39)7-4-13-40-15-16-41-14-12-32-27-35-28(33-23-5-2-1-3-6-23)37-29(36-27)34-24-8-10-25(38)11-9-24/h1-3,5-6,8-11,17-19,38H,4,7,12-16H2,(H3,32,33,34,35,36,37). The normalized spacial score (nSPS) is 10.8. The Hall–Kier alpha value is -4.68. The molecule has 12 heteroatoms. The third kappa shape index (κ3) is 10.1. The highest BCUT2D eigenvalue weighted by Crippen LogP contribution is 2.20. The van der Waals surface area contributed by atoms with Crippen LogP contribution in [0, 0.1) is 11.6 Å². The number of para-hydroxylation sites is 1. The van der Waals surface area contributed by atoms with E-state index in [2.05, 4.69) is 30.9 Å². The highest BCUT2D eigenvalue weighted by Gasteiger charge is 2.10. The summed E-state index contributed by atoms with van der Waals surface area (Å²) >= 11 is 0. The second kappa shape index (κ2) is 15.2. The van der Waals surface area contributed by atoms with E-state index in [0.29, 0.717) is 62.9 Å². The Bertz CT molecular complexity index is 1390. The van der Waals surface area contributed by atoms with Crippen molar-refractivity contribution in [1.29, 1.82) is 0 Å². The Morgan fingerprint density at radius 1 is 0.732 bits per heavy atom. The van der Waals surface area contributed by atoms with Crippen molar-refractivity contribution in [3.05, 3.63) is 90.0 Å². The van der Waals surface area contributed by atoms with Crippen LogP contribution in [0.25, 0.3) is 0 Å². The Kier molecular flexibility index (Phi) is 10.9. The Morgan fingerprint density at radius 2 is 1.32 bits per heavy atom. The molecule has 0 fully saturated rings. The molecule has 0 unspecified atom stereocenters. The van der Waals surface area contributed by atoms with Crippen LogP contribution >= 0.6 is 0 Å². The molecule has 3 aromatic carbocycles. The molecular weight excluding hydrogens is 534 g/mol. The van der Waals surface area contributed by atoms with Crippen molar-refractivity contribution < 1.29 is 28.2 Å². The second-order valence-electron chi connectivity index (χ2n) is 8.81. The number of phenolic OH excluding ortho intramolecular Hbond substituents is 1. The number of halogens is 2. The fourth-order valence-corrected chi connectivity index (χ4v) is 3.64.